The summed E-state index contributed by atoms with van der Waals surface area (Å²) in [5.41, 5.74) is 5.18. The van der Waals surface area contributed by atoms with Crippen molar-refractivity contribution in [2.45, 2.75) is 19.4 Å². The van der Waals surface area contributed by atoms with E-state index in [1.807, 2.05) is 0 Å². The number of hydrogen-bond acceptors (Lipinski definition) is 3. The molecule has 0 amide bonds. The minimum Gasteiger partial charge on any atom is -0.508 e. The zero-order chi connectivity index (χ0) is 9.56. The number of aliphatic hydroxyl groups excluding tert-OH is 1. The summed E-state index contributed by atoms with van der Waals surface area (Å²) < 4.78 is 0. The maximum Gasteiger partial charge on any atom is 0.320 e. The first-order valence-electron chi connectivity index (χ1n) is 3.58. The molecule has 0 aromatic carbocycles. The third kappa shape index (κ3) is 4.51. The molecule has 0 spiro atoms. The predicted octanol–water partition coefficient (Wildman–Crippen LogP) is 0.806. The van der Waals surface area contributed by atoms with Gasteiger partial charge in [0.2, 0.25) is 0 Å². The summed E-state index contributed by atoms with van der Waals surface area (Å²) in [6.45, 7) is 1.75. The Morgan fingerprint density at radius 2 is 2.17 bits per heavy atom. The SMILES string of the molecule is C/C=C/C(O)=C/CC(N)C(=O)O. The van der Waals surface area contributed by atoms with Crippen molar-refractivity contribution < 1.29 is 15.0 Å². The van der Waals surface area contributed by atoms with E-state index in [1.165, 1.54) is 12.2 Å². The molecule has 0 aliphatic rings. The Morgan fingerprint density at radius 1 is 1.58 bits per heavy atom. The van der Waals surface area contributed by atoms with Crippen molar-refractivity contribution >= 4 is 5.97 Å². The standard InChI is InChI=1S/C8H13NO3/c1-2-3-6(10)4-5-7(9)8(11)12/h2-4,7,10H,5,9H2,1H3,(H,11,12)/b3-2+,6-4-. The number of rotatable bonds is 4. The Hall–Kier alpha value is -1.29. The summed E-state index contributed by atoms with van der Waals surface area (Å²) in [7, 11) is 0. The predicted molar refractivity (Wildman–Crippen MR) is 45.8 cm³/mol. The molecule has 0 aromatic heterocycles. The van der Waals surface area contributed by atoms with Crippen molar-refractivity contribution in [2.24, 2.45) is 5.73 Å². The van der Waals surface area contributed by atoms with Gasteiger partial charge in [0.1, 0.15) is 11.8 Å². The van der Waals surface area contributed by atoms with Crippen molar-refractivity contribution in [2.75, 3.05) is 0 Å². The Balaban J connectivity index is 3.95. The highest BCUT2D eigenvalue weighted by molar-refractivity contribution is 5.73. The van der Waals surface area contributed by atoms with Crippen molar-refractivity contribution in [3.63, 3.8) is 0 Å². The van der Waals surface area contributed by atoms with Crippen molar-refractivity contribution in [1.29, 1.82) is 0 Å². The van der Waals surface area contributed by atoms with Crippen LogP contribution >= 0.6 is 0 Å². The van der Waals surface area contributed by atoms with Gasteiger partial charge in [0.15, 0.2) is 0 Å². The molecule has 0 aliphatic carbocycles. The molecule has 0 heterocycles. The molecule has 68 valence electrons. The first-order valence-corrected chi connectivity index (χ1v) is 3.58. The molecule has 0 aliphatic heterocycles. The van der Waals surface area contributed by atoms with Gasteiger partial charge in [0.05, 0.1) is 0 Å². The zero-order valence-corrected chi connectivity index (χ0v) is 6.90. The van der Waals surface area contributed by atoms with Gasteiger partial charge in [-0.15, -0.1) is 0 Å². The van der Waals surface area contributed by atoms with Crippen LogP contribution in [0.4, 0.5) is 0 Å². The topological polar surface area (TPSA) is 83.5 Å². The van der Waals surface area contributed by atoms with Crippen LogP contribution in [0.5, 0.6) is 0 Å². The number of carboxylic acids is 1. The minimum absolute atomic E-state index is 0.0363. The second-order valence-electron chi connectivity index (χ2n) is 2.31. The summed E-state index contributed by atoms with van der Waals surface area (Å²) >= 11 is 0. The molecular weight excluding hydrogens is 158 g/mol. The molecule has 1 atom stereocenters. The average molecular weight is 171 g/mol. The van der Waals surface area contributed by atoms with Gasteiger partial charge in [-0.3, -0.25) is 4.79 Å². The fourth-order valence-corrected chi connectivity index (χ4v) is 0.587. The lowest BCUT2D eigenvalue weighted by Gasteiger charge is -2.00. The molecule has 0 fully saturated rings. The third-order valence-electron chi connectivity index (χ3n) is 1.24. The highest BCUT2D eigenvalue weighted by atomic mass is 16.4. The van der Waals surface area contributed by atoms with Gasteiger partial charge < -0.3 is 15.9 Å². The highest BCUT2D eigenvalue weighted by Crippen LogP contribution is 1.96. The zero-order valence-electron chi connectivity index (χ0n) is 6.90. The molecule has 0 saturated carbocycles. The van der Waals surface area contributed by atoms with E-state index in [-0.39, 0.29) is 12.2 Å². The van der Waals surface area contributed by atoms with Gasteiger partial charge in [-0.05, 0) is 25.5 Å². The normalized spacial score (nSPS) is 15.0. The summed E-state index contributed by atoms with van der Waals surface area (Å²) in [5.74, 6) is -1.03. The maximum atomic E-state index is 10.2. The Labute approximate surface area is 71.0 Å². The van der Waals surface area contributed by atoms with Crippen LogP contribution in [0.15, 0.2) is 24.0 Å². The molecule has 4 heteroatoms. The van der Waals surface area contributed by atoms with Gasteiger partial charge in [-0.25, -0.2) is 0 Å². The van der Waals surface area contributed by atoms with Crippen LogP contribution in [0.1, 0.15) is 13.3 Å². The van der Waals surface area contributed by atoms with Gasteiger partial charge in [0, 0.05) is 0 Å². The second kappa shape index (κ2) is 5.37. The quantitative estimate of drug-likeness (QED) is 0.431. The van der Waals surface area contributed by atoms with Crippen LogP contribution in [0, 0.1) is 0 Å². The summed E-state index contributed by atoms with van der Waals surface area (Å²) in [4.78, 5) is 10.2. The Morgan fingerprint density at radius 3 is 2.58 bits per heavy atom. The number of hydrogen-bond donors (Lipinski definition) is 3. The first kappa shape index (κ1) is 10.7. The number of aliphatic carboxylic acids is 1. The van der Waals surface area contributed by atoms with Crippen LogP contribution < -0.4 is 5.73 Å². The van der Waals surface area contributed by atoms with E-state index in [4.69, 9.17) is 15.9 Å². The number of carboxylic acid groups (broad SMARTS) is 1. The molecule has 0 radical (unpaired) electrons. The largest absolute Gasteiger partial charge is 0.508 e. The number of aliphatic hydroxyl groups is 1. The summed E-state index contributed by atoms with van der Waals surface area (Å²) in [6, 6.07) is -0.947. The van der Waals surface area contributed by atoms with E-state index in [0.29, 0.717) is 0 Å². The monoisotopic (exact) mass is 171 g/mol. The molecule has 4 nitrogen and oxygen atoms in total. The van der Waals surface area contributed by atoms with Gasteiger partial charge in [-0.2, -0.15) is 0 Å². The fourth-order valence-electron chi connectivity index (χ4n) is 0.587. The van der Waals surface area contributed by atoms with Gasteiger partial charge in [-0.1, -0.05) is 6.08 Å². The molecule has 0 rings (SSSR count). The van der Waals surface area contributed by atoms with E-state index in [2.05, 4.69) is 0 Å². The van der Waals surface area contributed by atoms with E-state index < -0.39 is 12.0 Å². The number of carbonyl (C=O) groups is 1. The smallest absolute Gasteiger partial charge is 0.320 e. The van der Waals surface area contributed by atoms with Crippen molar-refractivity contribution in [1.82, 2.24) is 0 Å². The minimum atomic E-state index is -1.07. The lowest BCUT2D eigenvalue weighted by Crippen LogP contribution is -2.29. The summed E-state index contributed by atoms with van der Waals surface area (Å²) in [6.07, 6.45) is 4.62. The van der Waals surface area contributed by atoms with Crippen LogP contribution in [-0.4, -0.2) is 22.2 Å². The molecule has 12 heavy (non-hydrogen) atoms. The lowest BCUT2D eigenvalue weighted by atomic mass is 10.2. The number of allylic oxidation sites excluding steroid dienone is 2. The Kier molecular flexibility index (Phi) is 4.79. The fraction of sp³-hybridized carbons (Fsp3) is 0.375. The average Bonchev–Trinajstić information content (AvgIpc) is 2.00. The van der Waals surface area contributed by atoms with E-state index in [9.17, 15) is 4.79 Å². The van der Waals surface area contributed by atoms with E-state index >= 15 is 0 Å². The van der Waals surface area contributed by atoms with Crippen molar-refractivity contribution in [3.8, 4) is 0 Å². The van der Waals surface area contributed by atoms with Gasteiger partial charge >= 0.3 is 5.97 Å². The maximum absolute atomic E-state index is 10.2. The van der Waals surface area contributed by atoms with Crippen LogP contribution in [0.2, 0.25) is 0 Å². The van der Waals surface area contributed by atoms with Crippen molar-refractivity contribution in [3.05, 3.63) is 24.0 Å². The molecule has 0 saturated heterocycles. The lowest BCUT2D eigenvalue weighted by molar-refractivity contribution is -0.138. The molecule has 0 aromatic rings. The Bertz CT molecular complexity index is 208. The molecule has 1 unspecified atom stereocenters. The van der Waals surface area contributed by atoms with Gasteiger partial charge in [0.25, 0.3) is 0 Å². The molecule has 4 N–H and O–H groups in total. The van der Waals surface area contributed by atoms with Crippen LogP contribution in [0.25, 0.3) is 0 Å². The van der Waals surface area contributed by atoms with E-state index in [0.717, 1.165) is 0 Å². The number of nitrogens with two attached hydrogens (primary N) is 1. The third-order valence-corrected chi connectivity index (χ3v) is 1.24. The molecular formula is C8H13NO3. The second-order valence-corrected chi connectivity index (χ2v) is 2.31. The molecule has 0 bridgehead atoms. The highest BCUT2D eigenvalue weighted by Gasteiger charge is 2.08. The summed E-state index contributed by atoms with van der Waals surface area (Å²) in [5, 5.41) is 17.4. The van der Waals surface area contributed by atoms with Crippen LogP contribution in [0.3, 0.4) is 0 Å². The first-order chi connectivity index (χ1) is 5.57. The van der Waals surface area contributed by atoms with Crippen LogP contribution in [-0.2, 0) is 4.79 Å². The van der Waals surface area contributed by atoms with E-state index in [1.54, 1.807) is 13.0 Å².